The number of sulfonamides is 1. The maximum absolute atomic E-state index is 11.6. The zero-order valence-electron chi connectivity index (χ0n) is 12.1. The Kier molecular flexibility index (Phi) is 5.96. The summed E-state index contributed by atoms with van der Waals surface area (Å²) in [5.74, 6) is 0.176. The highest BCUT2D eigenvalue weighted by Gasteiger charge is 2.15. The second-order valence-corrected chi connectivity index (χ2v) is 7.22. The van der Waals surface area contributed by atoms with Crippen LogP contribution < -0.4 is 5.32 Å². The quantitative estimate of drug-likeness (QED) is 0.715. The SMILES string of the molecule is C[C@H](NCCCS(=O)(=O)N(C)C)[C@H](C)n1cccn1. The molecule has 110 valence electrons. The third-order valence-corrected chi connectivity index (χ3v) is 5.18. The number of nitrogens with zero attached hydrogens (tertiary/aromatic N) is 3. The molecule has 19 heavy (non-hydrogen) atoms. The van der Waals surface area contributed by atoms with Crippen molar-refractivity contribution in [2.75, 3.05) is 26.4 Å². The molecule has 1 aromatic rings. The Labute approximate surface area is 115 Å². The van der Waals surface area contributed by atoms with E-state index < -0.39 is 10.0 Å². The highest BCUT2D eigenvalue weighted by molar-refractivity contribution is 7.89. The van der Waals surface area contributed by atoms with Crippen LogP contribution >= 0.6 is 0 Å². The molecule has 0 fully saturated rings. The van der Waals surface area contributed by atoms with Crippen molar-refractivity contribution in [3.05, 3.63) is 18.5 Å². The first-order chi connectivity index (χ1) is 8.84. The minimum atomic E-state index is -3.08. The molecule has 1 N–H and O–H groups in total. The number of hydrogen-bond donors (Lipinski definition) is 1. The number of hydrogen-bond acceptors (Lipinski definition) is 4. The van der Waals surface area contributed by atoms with Crippen LogP contribution in [0.2, 0.25) is 0 Å². The summed E-state index contributed by atoms with van der Waals surface area (Å²) in [6, 6.07) is 2.37. The van der Waals surface area contributed by atoms with Crippen molar-refractivity contribution in [2.24, 2.45) is 0 Å². The molecule has 0 bridgehead atoms. The zero-order chi connectivity index (χ0) is 14.5. The van der Waals surface area contributed by atoms with Gasteiger partial charge in [0.05, 0.1) is 11.8 Å². The summed E-state index contributed by atoms with van der Waals surface area (Å²) < 4.78 is 26.3. The van der Waals surface area contributed by atoms with Crippen LogP contribution in [0.15, 0.2) is 18.5 Å². The van der Waals surface area contributed by atoms with Crippen molar-refractivity contribution in [2.45, 2.75) is 32.4 Å². The zero-order valence-corrected chi connectivity index (χ0v) is 12.9. The first-order valence-corrected chi connectivity index (χ1v) is 8.08. The average molecular weight is 288 g/mol. The summed E-state index contributed by atoms with van der Waals surface area (Å²) in [6.07, 6.45) is 4.29. The van der Waals surface area contributed by atoms with E-state index >= 15 is 0 Å². The van der Waals surface area contributed by atoms with Crippen LogP contribution in [0.1, 0.15) is 26.3 Å². The van der Waals surface area contributed by atoms with Crippen molar-refractivity contribution >= 4 is 10.0 Å². The molecule has 0 aliphatic carbocycles. The molecule has 2 atom stereocenters. The van der Waals surface area contributed by atoms with Crippen LogP contribution in [0.5, 0.6) is 0 Å². The molecule has 6 nitrogen and oxygen atoms in total. The molecule has 1 aromatic heterocycles. The maximum atomic E-state index is 11.6. The van der Waals surface area contributed by atoms with E-state index in [1.807, 2.05) is 16.9 Å². The van der Waals surface area contributed by atoms with Crippen LogP contribution in [0.3, 0.4) is 0 Å². The third-order valence-electron chi connectivity index (χ3n) is 3.27. The van der Waals surface area contributed by atoms with E-state index in [0.29, 0.717) is 13.0 Å². The van der Waals surface area contributed by atoms with Gasteiger partial charge < -0.3 is 5.32 Å². The van der Waals surface area contributed by atoms with E-state index in [1.165, 1.54) is 4.31 Å². The van der Waals surface area contributed by atoms with Gasteiger partial charge in [0.15, 0.2) is 0 Å². The number of aromatic nitrogens is 2. The smallest absolute Gasteiger partial charge is 0.213 e. The topological polar surface area (TPSA) is 67.2 Å². The predicted molar refractivity (Wildman–Crippen MR) is 76.5 cm³/mol. The number of nitrogens with one attached hydrogen (secondary N) is 1. The van der Waals surface area contributed by atoms with Crippen molar-refractivity contribution < 1.29 is 8.42 Å². The van der Waals surface area contributed by atoms with Gasteiger partial charge in [-0.15, -0.1) is 0 Å². The minimum Gasteiger partial charge on any atom is -0.312 e. The third kappa shape index (κ3) is 4.93. The van der Waals surface area contributed by atoms with Crippen LogP contribution in [0, 0.1) is 0 Å². The van der Waals surface area contributed by atoms with Crippen molar-refractivity contribution in [1.82, 2.24) is 19.4 Å². The van der Waals surface area contributed by atoms with Gasteiger partial charge in [0.25, 0.3) is 0 Å². The summed E-state index contributed by atoms with van der Waals surface area (Å²) >= 11 is 0. The van der Waals surface area contributed by atoms with E-state index in [0.717, 1.165) is 0 Å². The molecule has 0 unspecified atom stereocenters. The van der Waals surface area contributed by atoms with E-state index in [2.05, 4.69) is 24.3 Å². The van der Waals surface area contributed by atoms with Gasteiger partial charge in [-0.05, 0) is 32.9 Å². The lowest BCUT2D eigenvalue weighted by Gasteiger charge is -2.22. The van der Waals surface area contributed by atoms with Gasteiger partial charge >= 0.3 is 0 Å². The molecular formula is C12H24N4O2S. The van der Waals surface area contributed by atoms with Crippen molar-refractivity contribution in [3.8, 4) is 0 Å². The average Bonchev–Trinajstić information content (AvgIpc) is 2.86. The van der Waals surface area contributed by atoms with Crippen LogP contribution in [0.25, 0.3) is 0 Å². The second-order valence-electron chi connectivity index (χ2n) is 4.92. The fourth-order valence-electron chi connectivity index (χ4n) is 1.69. The Balaban J connectivity index is 2.30. The van der Waals surface area contributed by atoms with E-state index in [9.17, 15) is 8.42 Å². The maximum Gasteiger partial charge on any atom is 0.213 e. The lowest BCUT2D eigenvalue weighted by molar-refractivity contribution is 0.366. The van der Waals surface area contributed by atoms with Gasteiger partial charge in [0, 0.05) is 32.5 Å². The van der Waals surface area contributed by atoms with Gasteiger partial charge in [-0.25, -0.2) is 12.7 Å². The van der Waals surface area contributed by atoms with Gasteiger partial charge in [-0.2, -0.15) is 5.10 Å². The van der Waals surface area contributed by atoms with Gasteiger partial charge in [-0.1, -0.05) is 0 Å². The van der Waals surface area contributed by atoms with Crippen LogP contribution in [-0.4, -0.2) is 54.9 Å². The summed E-state index contributed by atoms with van der Waals surface area (Å²) in [5, 5.41) is 7.54. The standard InChI is InChI=1S/C12H24N4O2S/c1-11(12(2)16-9-5-8-14-16)13-7-6-10-19(17,18)15(3)4/h5,8-9,11-13H,6-7,10H2,1-4H3/t11-,12-/m0/s1. The lowest BCUT2D eigenvalue weighted by Crippen LogP contribution is -2.35. The molecule has 1 heterocycles. The fraction of sp³-hybridized carbons (Fsp3) is 0.750. The van der Waals surface area contributed by atoms with E-state index in [-0.39, 0.29) is 17.8 Å². The van der Waals surface area contributed by atoms with Crippen LogP contribution in [0.4, 0.5) is 0 Å². The molecule has 0 spiro atoms. The van der Waals surface area contributed by atoms with Gasteiger partial charge in [0.2, 0.25) is 10.0 Å². The monoisotopic (exact) mass is 288 g/mol. The van der Waals surface area contributed by atoms with Gasteiger partial charge in [-0.3, -0.25) is 4.68 Å². The fourth-order valence-corrected chi connectivity index (χ4v) is 2.56. The number of rotatable bonds is 8. The molecule has 1 rings (SSSR count). The molecular weight excluding hydrogens is 264 g/mol. The lowest BCUT2D eigenvalue weighted by atomic mass is 10.2. The first kappa shape index (κ1) is 16.1. The Bertz CT molecular complexity index is 456. The summed E-state index contributed by atoms with van der Waals surface area (Å²) in [7, 11) is 0.0376. The molecule has 0 aromatic carbocycles. The van der Waals surface area contributed by atoms with Crippen molar-refractivity contribution in [3.63, 3.8) is 0 Å². The second kappa shape index (κ2) is 7.02. The molecule has 0 saturated carbocycles. The Morgan fingerprint density at radius 2 is 2.05 bits per heavy atom. The van der Waals surface area contributed by atoms with E-state index in [4.69, 9.17) is 0 Å². The summed E-state index contributed by atoms with van der Waals surface area (Å²) in [5.41, 5.74) is 0. The molecule has 0 radical (unpaired) electrons. The van der Waals surface area contributed by atoms with Crippen LogP contribution in [-0.2, 0) is 10.0 Å². The Morgan fingerprint density at radius 1 is 1.37 bits per heavy atom. The Morgan fingerprint density at radius 3 is 2.58 bits per heavy atom. The predicted octanol–water partition coefficient (Wildman–Crippen LogP) is 0.704. The molecule has 0 saturated heterocycles. The normalized spacial score (nSPS) is 15.6. The minimum absolute atomic E-state index is 0.176. The molecule has 0 aliphatic rings. The highest BCUT2D eigenvalue weighted by atomic mass is 32.2. The highest BCUT2D eigenvalue weighted by Crippen LogP contribution is 2.08. The van der Waals surface area contributed by atoms with Gasteiger partial charge in [0.1, 0.15) is 0 Å². The van der Waals surface area contributed by atoms with E-state index in [1.54, 1.807) is 20.3 Å². The first-order valence-electron chi connectivity index (χ1n) is 6.47. The van der Waals surface area contributed by atoms with Crippen molar-refractivity contribution in [1.29, 1.82) is 0 Å². The summed E-state index contributed by atoms with van der Waals surface area (Å²) in [6.45, 7) is 4.84. The molecule has 0 amide bonds. The molecule has 0 aliphatic heterocycles. The summed E-state index contributed by atoms with van der Waals surface area (Å²) in [4.78, 5) is 0. The molecule has 7 heteroatoms. The largest absolute Gasteiger partial charge is 0.312 e. The Hall–Kier alpha value is -0.920.